The van der Waals surface area contributed by atoms with Gasteiger partial charge in [-0.2, -0.15) is 0 Å². The molecule has 1 saturated carbocycles. The first-order chi connectivity index (χ1) is 15.3. The molecule has 0 saturated heterocycles. The third kappa shape index (κ3) is 7.72. The lowest BCUT2D eigenvalue weighted by Crippen LogP contribution is -2.45. The number of alkyl halides is 2. The molecule has 7 heteroatoms. The predicted octanol–water partition coefficient (Wildman–Crippen LogP) is 6.80. The van der Waals surface area contributed by atoms with Crippen LogP contribution >= 0.6 is 0 Å². The topological polar surface area (TPSA) is 55.8 Å². The second-order valence-electron chi connectivity index (χ2n) is 11.2. The Morgan fingerprint density at radius 2 is 1.91 bits per heavy atom. The minimum absolute atomic E-state index is 0.00575. The Morgan fingerprint density at radius 1 is 1.21 bits per heavy atom. The highest BCUT2D eigenvalue weighted by Gasteiger charge is 2.47. The van der Waals surface area contributed by atoms with Crippen LogP contribution in [0.4, 0.5) is 8.78 Å². The van der Waals surface area contributed by atoms with Crippen LogP contribution in [-0.2, 0) is 14.0 Å². The van der Waals surface area contributed by atoms with Crippen molar-refractivity contribution in [2.75, 3.05) is 0 Å². The molecule has 2 rings (SSSR count). The van der Waals surface area contributed by atoms with Crippen LogP contribution in [0.25, 0.3) is 0 Å². The summed E-state index contributed by atoms with van der Waals surface area (Å²) in [6.07, 6.45) is 7.91. The molecule has 0 aromatic rings. The largest absolute Gasteiger partial charge is 0.452 e. The van der Waals surface area contributed by atoms with Crippen molar-refractivity contribution in [2.24, 2.45) is 11.8 Å². The van der Waals surface area contributed by atoms with E-state index in [4.69, 9.17) is 9.16 Å². The summed E-state index contributed by atoms with van der Waals surface area (Å²) in [5, 5.41) is 10.9. The number of carbonyl (C=O) groups is 1. The van der Waals surface area contributed by atoms with Crippen molar-refractivity contribution < 1.29 is 27.8 Å². The van der Waals surface area contributed by atoms with Crippen LogP contribution in [0.5, 0.6) is 0 Å². The molecule has 190 valence electrons. The number of hydrogen-bond donors (Lipinski definition) is 1. The zero-order chi connectivity index (χ0) is 24.9. The number of fused-ring (bicyclic) bond motifs is 1. The Morgan fingerprint density at radius 3 is 2.55 bits per heavy atom. The van der Waals surface area contributed by atoms with Gasteiger partial charge >= 0.3 is 5.97 Å². The van der Waals surface area contributed by atoms with Crippen molar-refractivity contribution in [3.63, 3.8) is 0 Å². The van der Waals surface area contributed by atoms with E-state index in [1.165, 1.54) is 6.08 Å². The van der Waals surface area contributed by atoms with Crippen LogP contribution in [0.15, 0.2) is 24.3 Å². The van der Waals surface area contributed by atoms with E-state index in [1.807, 2.05) is 19.1 Å². The molecular formula is C26H44F2O4Si. The number of halogens is 2. The minimum atomic E-state index is -3.14. The van der Waals surface area contributed by atoms with E-state index in [2.05, 4.69) is 33.9 Å². The average Bonchev–Trinajstić information content (AvgIpc) is 2.98. The van der Waals surface area contributed by atoms with Crippen molar-refractivity contribution >= 4 is 14.3 Å². The maximum Gasteiger partial charge on any atom is 0.306 e. The quantitative estimate of drug-likeness (QED) is 0.255. The first-order valence-corrected chi connectivity index (χ1v) is 15.5. The number of unbranched alkanes of at least 4 members (excludes halogenated alkanes) is 1. The van der Waals surface area contributed by atoms with E-state index in [1.54, 1.807) is 6.08 Å². The number of esters is 1. The van der Waals surface area contributed by atoms with E-state index in [-0.39, 0.29) is 35.8 Å². The van der Waals surface area contributed by atoms with Gasteiger partial charge in [0.05, 0.1) is 12.2 Å². The van der Waals surface area contributed by atoms with Gasteiger partial charge in [-0.25, -0.2) is 8.78 Å². The lowest BCUT2D eigenvalue weighted by atomic mass is 9.89. The fraction of sp³-hybridized carbons (Fsp3) is 0.808. The van der Waals surface area contributed by atoms with Crippen molar-refractivity contribution in [3.05, 3.63) is 24.3 Å². The molecule has 0 radical (unpaired) electrons. The van der Waals surface area contributed by atoms with Crippen molar-refractivity contribution in [1.82, 2.24) is 0 Å². The fourth-order valence-electron chi connectivity index (χ4n) is 4.35. The van der Waals surface area contributed by atoms with Gasteiger partial charge in [-0.3, -0.25) is 4.79 Å². The lowest BCUT2D eigenvalue weighted by molar-refractivity contribution is -0.167. The van der Waals surface area contributed by atoms with E-state index < -0.39 is 32.4 Å². The van der Waals surface area contributed by atoms with Gasteiger partial charge in [0.25, 0.3) is 5.92 Å². The first kappa shape index (κ1) is 28.2. The van der Waals surface area contributed by atoms with Crippen LogP contribution in [0.1, 0.15) is 79.1 Å². The van der Waals surface area contributed by atoms with E-state index in [9.17, 15) is 9.90 Å². The van der Waals surface area contributed by atoms with Crippen LogP contribution in [0, 0.1) is 11.8 Å². The summed E-state index contributed by atoms with van der Waals surface area (Å²) >= 11 is 0. The molecule has 1 heterocycles. The Bertz CT molecular complexity index is 699. The summed E-state index contributed by atoms with van der Waals surface area (Å²) < 4.78 is 42.0. The molecule has 0 aromatic carbocycles. The smallest absolute Gasteiger partial charge is 0.306 e. The van der Waals surface area contributed by atoms with Crippen LogP contribution in [0.3, 0.4) is 0 Å². The van der Waals surface area contributed by atoms with Gasteiger partial charge in [0.1, 0.15) is 0 Å². The number of carbonyl (C=O) groups excluding carboxylic acids is 1. The molecule has 0 bridgehead atoms. The minimum Gasteiger partial charge on any atom is -0.452 e. The molecule has 1 unspecified atom stereocenters. The Balaban J connectivity index is 2.39. The van der Waals surface area contributed by atoms with Crippen molar-refractivity contribution in [1.29, 1.82) is 0 Å². The van der Waals surface area contributed by atoms with Gasteiger partial charge in [0.15, 0.2) is 14.4 Å². The predicted molar refractivity (Wildman–Crippen MR) is 131 cm³/mol. The maximum atomic E-state index is 15.0. The molecule has 1 aliphatic heterocycles. The molecule has 4 nitrogen and oxygen atoms in total. The van der Waals surface area contributed by atoms with E-state index >= 15 is 8.78 Å². The Hall–Kier alpha value is -1.05. The Kier molecular flexibility index (Phi) is 9.89. The summed E-state index contributed by atoms with van der Waals surface area (Å²) in [5.74, 6) is -4.06. The summed E-state index contributed by atoms with van der Waals surface area (Å²) in [5.41, 5.74) is 0. The van der Waals surface area contributed by atoms with E-state index in [0.29, 0.717) is 38.5 Å². The molecular weight excluding hydrogens is 442 g/mol. The van der Waals surface area contributed by atoms with Gasteiger partial charge in [-0.1, -0.05) is 52.3 Å². The molecule has 1 N–H and O–H groups in total. The monoisotopic (exact) mass is 486 g/mol. The highest BCUT2D eigenvalue weighted by Crippen LogP contribution is 2.44. The van der Waals surface area contributed by atoms with Gasteiger partial charge in [0, 0.05) is 18.8 Å². The SMILES string of the molecule is CCCCC(F)(F)C1/C=C/[C@@H]2[C@@H](C/C=C\CCCC(=O)O1)[C@@H](O)C[C@H]2O[Si](C)(C)C(C)(C)C. The van der Waals surface area contributed by atoms with Crippen molar-refractivity contribution in [2.45, 2.75) is 121 Å². The number of aliphatic hydroxyl groups excluding tert-OH is 1. The van der Waals surface area contributed by atoms with Gasteiger partial charge in [-0.15, -0.1) is 0 Å². The normalized spacial score (nSPS) is 32.2. The molecule has 0 spiro atoms. The zero-order valence-corrected chi connectivity index (χ0v) is 22.3. The molecule has 1 fully saturated rings. The van der Waals surface area contributed by atoms with E-state index in [0.717, 1.165) is 0 Å². The second-order valence-corrected chi connectivity index (χ2v) is 16.0. The number of hydrogen-bond acceptors (Lipinski definition) is 4. The van der Waals surface area contributed by atoms with Crippen LogP contribution in [0.2, 0.25) is 18.1 Å². The molecule has 33 heavy (non-hydrogen) atoms. The standard InChI is InChI=1S/C26H44F2O4Si/c1-7-8-17-26(27,28)23-16-15-20-19(13-11-9-10-12-14-24(30)31-23)21(29)18-22(20)32-33(5,6)25(2,3)4/h9,11,15-16,19-23,29H,7-8,10,12-14,17-18H2,1-6H3/b11-9-,16-15+/t19-,20-,21+,22-,23?/m1/s1. The number of allylic oxidation sites excluding steroid dienone is 2. The fourth-order valence-corrected chi connectivity index (χ4v) is 5.71. The first-order valence-electron chi connectivity index (χ1n) is 12.5. The number of cyclic esters (lactones) is 1. The lowest BCUT2D eigenvalue weighted by Gasteiger charge is -2.40. The summed E-state index contributed by atoms with van der Waals surface area (Å²) in [6, 6.07) is 0. The second kappa shape index (κ2) is 11.6. The molecule has 1 aliphatic carbocycles. The highest BCUT2D eigenvalue weighted by atomic mass is 28.4. The average molecular weight is 487 g/mol. The van der Waals surface area contributed by atoms with Crippen LogP contribution < -0.4 is 0 Å². The summed E-state index contributed by atoms with van der Waals surface area (Å²) in [4.78, 5) is 12.3. The Labute approximate surface area is 199 Å². The third-order valence-corrected chi connectivity index (χ3v) is 12.0. The van der Waals surface area contributed by atoms with Crippen molar-refractivity contribution in [3.8, 4) is 0 Å². The van der Waals surface area contributed by atoms with Crippen LogP contribution in [-0.4, -0.2) is 43.6 Å². The zero-order valence-electron chi connectivity index (χ0n) is 21.3. The third-order valence-electron chi connectivity index (χ3n) is 7.52. The molecule has 0 aromatic heterocycles. The van der Waals surface area contributed by atoms with Gasteiger partial charge < -0.3 is 14.3 Å². The number of aliphatic hydroxyl groups is 1. The summed E-state index contributed by atoms with van der Waals surface area (Å²) in [6.45, 7) is 12.7. The number of ether oxygens (including phenoxy) is 1. The number of rotatable bonds is 6. The highest BCUT2D eigenvalue weighted by molar-refractivity contribution is 6.74. The maximum absolute atomic E-state index is 15.0. The van der Waals surface area contributed by atoms with Gasteiger partial charge in [0.2, 0.25) is 0 Å². The van der Waals surface area contributed by atoms with Gasteiger partial charge in [-0.05, 0) is 62.2 Å². The molecule has 5 atom stereocenters. The summed E-state index contributed by atoms with van der Waals surface area (Å²) in [7, 11) is -2.13. The molecule has 0 amide bonds. The molecule has 2 aliphatic rings.